The predicted octanol–water partition coefficient (Wildman–Crippen LogP) is 7.93. The van der Waals surface area contributed by atoms with Crippen molar-refractivity contribution in [2.75, 3.05) is 13.2 Å². The van der Waals surface area contributed by atoms with Crippen LogP contribution in [-0.2, 0) is 10.8 Å². The molecule has 0 heterocycles. The zero-order chi connectivity index (χ0) is 28.4. The number of carboxylic acid groups (broad SMARTS) is 1. The molecule has 3 N–H and O–H groups in total. The molecule has 0 aromatic heterocycles. The lowest BCUT2D eigenvalue weighted by Crippen LogP contribution is -2.33. The third kappa shape index (κ3) is 6.30. The van der Waals surface area contributed by atoms with Gasteiger partial charge in [-0.25, -0.2) is 4.79 Å². The van der Waals surface area contributed by atoms with Crippen LogP contribution in [0.1, 0.15) is 88.7 Å². The number of rotatable bonds is 10. The number of carbonyl (C=O) groups is 1. The van der Waals surface area contributed by atoms with Crippen LogP contribution in [0.15, 0.2) is 54.6 Å². The minimum absolute atomic E-state index is 0.0817. The van der Waals surface area contributed by atoms with Crippen LogP contribution in [0, 0.1) is 0 Å². The Morgan fingerprint density at radius 2 is 1.56 bits per heavy atom. The van der Waals surface area contributed by atoms with Crippen molar-refractivity contribution < 1.29 is 19.7 Å². The molecule has 0 aliphatic heterocycles. The molecule has 1 atom stereocenters. The first-order chi connectivity index (χ1) is 18.4. The molecule has 0 spiro atoms. The zero-order valence-corrected chi connectivity index (χ0v) is 24.2. The topological polar surface area (TPSA) is 78.8 Å². The molecular weight excluding hydrogens is 486 g/mol. The number of hydrogen-bond acceptors (Lipinski definition) is 4. The van der Waals surface area contributed by atoms with Crippen LogP contribution in [0.2, 0.25) is 0 Å². The van der Waals surface area contributed by atoms with Gasteiger partial charge >= 0.3 is 5.97 Å². The lowest BCUT2D eigenvalue weighted by Gasteiger charge is -2.42. The van der Waals surface area contributed by atoms with Crippen molar-refractivity contribution in [1.29, 1.82) is 0 Å². The van der Waals surface area contributed by atoms with E-state index >= 15 is 0 Å². The van der Waals surface area contributed by atoms with E-state index in [1.807, 2.05) is 12.1 Å². The standard InChI is InChI=1S/C34H43NO4/c1-7-17-35-22(2)14-18-39-31-13-10-23(24-8-11-26(32(37)38)30(36)21-24)19-27(31)25-9-12-28-29(20-25)34(5,6)16-15-33(28,3)4/h8-13,19-22,35-36H,7,14-18H2,1-6H3,(H,37,38). The fourth-order valence-electron chi connectivity index (χ4n) is 5.55. The second kappa shape index (κ2) is 11.4. The molecule has 5 heteroatoms. The zero-order valence-electron chi connectivity index (χ0n) is 24.2. The third-order valence-corrected chi connectivity index (χ3v) is 8.26. The van der Waals surface area contributed by atoms with E-state index in [1.54, 1.807) is 6.07 Å². The monoisotopic (exact) mass is 529 g/mol. The molecule has 39 heavy (non-hydrogen) atoms. The van der Waals surface area contributed by atoms with Crippen molar-refractivity contribution in [1.82, 2.24) is 5.32 Å². The summed E-state index contributed by atoms with van der Waals surface area (Å²) in [4.78, 5) is 11.4. The van der Waals surface area contributed by atoms with Gasteiger partial charge in [0.25, 0.3) is 0 Å². The quantitative estimate of drug-likeness (QED) is 0.248. The highest BCUT2D eigenvalue weighted by atomic mass is 16.5. The van der Waals surface area contributed by atoms with Crippen molar-refractivity contribution in [2.45, 2.75) is 84.1 Å². The first-order valence-electron chi connectivity index (χ1n) is 14.2. The smallest absolute Gasteiger partial charge is 0.339 e. The maximum atomic E-state index is 11.4. The molecule has 0 amide bonds. The van der Waals surface area contributed by atoms with Gasteiger partial charge < -0.3 is 20.3 Å². The number of benzene rings is 3. The third-order valence-electron chi connectivity index (χ3n) is 8.26. The van der Waals surface area contributed by atoms with E-state index in [0.29, 0.717) is 12.6 Å². The van der Waals surface area contributed by atoms with Crippen LogP contribution in [-0.4, -0.2) is 35.4 Å². The number of fused-ring (bicyclic) bond motifs is 1. The van der Waals surface area contributed by atoms with E-state index in [2.05, 4.69) is 71.1 Å². The maximum absolute atomic E-state index is 11.4. The number of ether oxygens (including phenoxy) is 1. The summed E-state index contributed by atoms with van der Waals surface area (Å²) in [5, 5.41) is 23.2. The molecule has 1 aliphatic rings. The molecule has 0 bridgehead atoms. The number of aromatic hydroxyl groups is 1. The molecule has 0 radical (unpaired) electrons. The van der Waals surface area contributed by atoms with E-state index in [0.717, 1.165) is 60.2 Å². The maximum Gasteiger partial charge on any atom is 0.339 e. The van der Waals surface area contributed by atoms with Crippen molar-refractivity contribution in [2.24, 2.45) is 0 Å². The number of aromatic carboxylic acids is 1. The van der Waals surface area contributed by atoms with Gasteiger partial charge in [0, 0.05) is 11.6 Å². The van der Waals surface area contributed by atoms with E-state index in [9.17, 15) is 15.0 Å². The van der Waals surface area contributed by atoms with Gasteiger partial charge in [0.15, 0.2) is 0 Å². The summed E-state index contributed by atoms with van der Waals surface area (Å²) in [6.45, 7) is 15.3. The second-order valence-corrected chi connectivity index (χ2v) is 12.3. The summed E-state index contributed by atoms with van der Waals surface area (Å²) < 4.78 is 6.38. The minimum atomic E-state index is -1.15. The molecule has 1 aliphatic carbocycles. The van der Waals surface area contributed by atoms with Gasteiger partial charge in [-0.3, -0.25) is 0 Å². The second-order valence-electron chi connectivity index (χ2n) is 12.3. The van der Waals surface area contributed by atoms with E-state index < -0.39 is 5.97 Å². The average molecular weight is 530 g/mol. The lowest BCUT2D eigenvalue weighted by molar-refractivity contribution is 0.0693. The highest BCUT2D eigenvalue weighted by molar-refractivity contribution is 5.92. The number of nitrogens with one attached hydrogen (secondary N) is 1. The Labute approximate surface area is 233 Å². The Kier molecular flexibility index (Phi) is 8.41. The number of carboxylic acids is 1. The van der Waals surface area contributed by atoms with Crippen molar-refractivity contribution in [3.8, 4) is 33.8 Å². The molecule has 1 unspecified atom stereocenters. The largest absolute Gasteiger partial charge is 0.507 e. The van der Waals surface area contributed by atoms with Gasteiger partial charge in [-0.2, -0.15) is 0 Å². The molecule has 0 saturated carbocycles. The van der Waals surface area contributed by atoms with Gasteiger partial charge in [0.2, 0.25) is 0 Å². The predicted molar refractivity (Wildman–Crippen MR) is 159 cm³/mol. The van der Waals surface area contributed by atoms with E-state index in [-0.39, 0.29) is 22.1 Å². The highest BCUT2D eigenvalue weighted by Gasteiger charge is 2.37. The summed E-state index contributed by atoms with van der Waals surface area (Å²) in [6, 6.07) is 17.9. The van der Waals surface area contributed by atoms with Gasteiger partial charge in [0.05, 0.1) is 6.61 Å². The lowest BCUT2D eigenvalue weighted by atomic mass is 9.63. The average Bonchev–Trinajstić information content (AvgIpc) is 2.90. The normalized spacial score (nSPS) is 16.4. The molecule has 0 fully saturated rings. The Balaban J connectivity index is 1.75. The summed E-state index contributed by atoms with van der Waals surface area (Å²) >= 11 is 0. The van der Waals surface area contributed by atoms with Gasteiger partial charge in [0.1, 0.15) is 17.1 Å². The fraction of sp³-hybridized carbons (Fsp3) is 0.441. The molecule has 3 aromatic carbocycles. The van der Waals surface area contributed by atoms with Crippen molar-refractivity contribution in [3.05, 3.63) is 71.3 Å². The van der Waals surface area contributed by atoms with Crippen LogP contribution in [0.4, 0.5) is 0 Å². The van der Waals surface area contributed by atoms with Gasteiger partial charge in [-0.1, -0.05) is 65.0 Å². The highest BCUT2D eigenvalue weighted by Crippen LogP contribution is 2.47. The summed E-state index contributed by atoms with van der Waals surface area (Å²) in [6.07, 6.45) is 4.30. The first kappa shape index (κ1) is 28.7. The molecule has 3 aromatic rings. The Morgan fingerprint density at radius 3 is 2.23 bits per heavy atom. The van der Waals surface area contributed by atoms with Crippen LogP contribution < -0.4 is 10.1 Å². The van der Waals surface area contributed by atoms with E-state index in [4.69, 9.17) is 4.74 Å². The van der Waals surface area contributed by atoms with Crippen LogP contribution in [0.25, 0.3) is 22.3 Å². The van der Waals surface area contributed by atoms with Gasteiger partial charge in [-0.15, -0.1) is 0 Å². The molecule has 4 rings (SSSR count). The van der Waals surface area contributed by atoms with Crippen LogP contribution in [0.3, 0.4) is 0 Å². The minimum Gasteiger partial charge on any atom is -0.507 e. The summed E-state index contributed by atoms with van der Waals surface area (Å²) in [5.41, 5.74) is 6.63. The van der Waals surface area contributed by atoms with Gasteiger partial charge in [-0.05, 0) is 102 Å². The summed E-state index contributed by atoms with van der Waals surface area (Å²) in [7, 11) is 0. The van der Waals surface area contributed by atoms with Crippen LogP contribution >= 0.6 is 0 Å². The Bertz CT molecular complexity index is 1340. The summed E-state index contributed by atoms with van der Waals surface area (Å²) in [5.74, 6) is -0.570. The molecule has 208 valence electrons. The Hall–Kier alpha value is -3.31. The Morgan fingerprint density at radius 1 is 0.923 bits per heavy atom. The van der Waals surface area contributed by atoms with Crippen LogP contribution in [0.5, 0.6) is 11.5 Å². The first-order valence-corrected chi connectivity index (χ1v) is 14.2. The van der Waals surface area contributed by atoms with Crippen molar-refractivity contribution >= 4 is 5.97 Å². The van der Waals surface area contributed by atoms with E-state index in [1.165, 1.54) is 23.3 Å². The molecular formula is C34H43NO4. The molecule has 0 saturated heterocycles. The SMILES string of the molecule is CCCNC(C)CCOc1ccc(-c2ccc(C(=O)O)c(O)c2)cc1-c1ccc2c(c1)C(C)(C)CCC2(C)C. The number of phenols is 1. The fourth-order valence-corrected chi connectivity index (χ4v) is 5.55. The van der Waals surface area contributed by atoms with Crippen molar-refractivity contribution in [3.63, 3.8) is 0 Å². The molecule has 5 nitrogen and oxygen atoms in total. The number of hydrogen-bond donors (Lipinski definition) is 3.